The standard InChI is InChI=1S/C28H23N3O4.C19H18ClN3O2.C8H5NO2.ClH.K.H2/c1-34-25-12-11-18(13-19(25)16-31-27(32)21-7-3-4-8-22(21)28(31)33)14-20-15-24(30-17-29-20)23-9-5-6-10-26(23)35-2;1-24-17-8-7-14(9-13(17)11-20)23-19-10-16(21-12-22-19)15-5-3-4-6-18(15)25-2;10-7-5-3-1-2-4-6(5)8(11)9-7;;;/h3-13,15,17H,14,16H2,1-2H3;3-10,12H,11H2,1-2H3,(H,21,22,23);1-4H,(H,9,10,11);1H;;1H/q;;;;+1;/p-1. The molecule has 2 N–H and O–H groups in total. The molecular weight excluding hydrogens is 997 g/mol. The van der Waals surface area contributed by atoms with E-state index in [0.29, 0.717) is 40.3 Å². The largest absolute Gasteiger partial charge is 1.00 e. The van der Waals surface area contributed by atoms with Crippen LogP contribution in [0.15, 0.2) is 163 Å². The van der Waals surface area contributed by atoms with E-state index in [2.05, 4.69) is 24.9 Å². The SMILES string of the molecule is COc1ccc(Cc2cc(-c3ccccc3OC)ncn2)cc1CN1C(=O)c2ccccc2C1=O.COc1ccc([NH2+]c2cc(-c3ccccc3OC)ncn2)cc1CCl.O=C1N=C([O-])c2ccccc21.[Cl-].[HH].[K+]. The molecule has 0 saturated carbocycles. The van der Waals surface area contributed by atoms with Gasteiger partial charge in [-0.3, -0.25) is 24.6 Å². The van der Waals surface area contributed by atoms with Crippen molar-refractivity contribution in [2.75, 3.05) is 28.4 Å². The molecule has 0 radical (unpaired) electrons. The zero-order valence-corrected chi connectivity index (χ0v) is 45.0. The average molecular weight is 1050 g/mol. The number of ether oxygens (including phenoxy) is 4. The molecule has 0 unspecified atom stereocenters. The quantitative estimate of drug-likeness (QED) is 0.0767. The van der Waals surface area contributed by atoms with E-state index in [1.54, 1.807) is 89.6 Å². The van der Waals surface area contributed by atoms with Gasteiger partial charge in [-0.15, -0.1) is 11.6 Å². The van der Waals surface area contributed by atoms with Crippen molar-refractivity contribution in [2.24, 2.45) is 4.99 Å². The minimum absolute atomic E-state index is 0. The first-order valence-corrected chi connectivity index (χ1v) is 22.6. The van der Waals surface area contributed by atoms with Crippen LogP contribution in [0.5, 0.6) is 23.0 Å². The van der Waals surface area contributed by atoms with E-state index in [9.17, 15) is 19.5 Å². The van der Waals surface area contributed by atoms with E-state index in [1.807, 2.05) is 102 Å². The Labute approximate surface area is 477 Å². The van der Waals surface area contributed by atoms with Crippen LogP contribution in [0.2, 0.25) is 0 Å². The number of fused-ring (bicyclic) bond motifs is 2. The molecule has 0 spiro atoms. The Hall–Kier alpha value is -6.86. The van der Waals surface area contributed by atoms with Crippen LogP contribution in [0, 0.1) is 0 Å². The van der Waals surface area contributed by atoms with E-state index in [0.717, 1.165) is 73.7 Å². The number of carbonyl (C=O) groups is 3. The van der Waals surface area contributed by atoms with Gasteiger partial charge in [-0.1, -0.05) is 60.7 Å². The summed E-state index contributed by atoms with van der Waals surface area (Å²) in [5.41, 5.74) is 9.58. The van der Waals surface area contributed by atoms with Gasteiger partial charge in [0, 0.05) is 59.6 Å². The predicted octanol–water partition coefficient (Wildman–Crippen LogP) is 2.18. The number of alkyl halides is 1. The molecule has 2 aliphatic rings. The molecular formula is C55H48Cl2KN7O8. The molecule has 2 aromatic heterocycles. The molecule has 4 heterocycles. The second kappa shape index (κ2) is 26.2. The third-order valence-corrected chi connectivity index (χ3v) is 11.8. The van der Waals surface area contributed by atoms with Gasteiger partial charge < -0.3 is 36.5 Å². The van der Waals surface area contributed by atoms with Crippen LogP contribution < -0.4 is 93.2 Å². The fourth-order valence-electron chi connectivity index (χ4n) is 8.01. The number of imide groups is 1. The molecule has 366 valence electrons. The summed E-state index contributed by atoms with van der Waals surface area (Å²) < 4.78 is 21.7. The third-order valence-electron chi connectivity index (χ3n) is 11.5. The number of carbonyl (C=O) groups excluding carboxylic acids is 3. The van der Waals surface area contributed by atoms with Crippen LogP contribution in [0.4, 0.5) is 11.5 Å². The smallest absolute Gasteiger partial charge is 1.00 e. The number of halogens is 2. The van der Waals surface area contributed by atoms with Gasteiger partial charge in [-0.25, -0.2) is 19.9 Å². The fraction of sp³-hybridized carbons (Fsp3) is 0.127. The fourth-order valence-corrected chi connectivity index (χ4v) is 8.22. The van der Waals surface area contributed by atoms with Crippen LogP contribution in [-0.4, -0.2) is 76.9 Å². The number of rotatable bonds is 13. The number of amides is 3. The van der Waals surface area contributed by atoms with Gasteiger partial charge in [-0.2, -0.15) is 4.98 Å². The Kier molecular flexibility index (Phi) is 19.9. The number of methoxy groups -OCH3 is 4. The molecule has 3 amide bonds. The maximum Gasteiger partial charge on any atom is 1.00 e. The summed E-state index contributed by atoms with van der Waals surface area (Å²) in [4.78, 5) is 58.7. The van der Waals surface area contributed by atoms with E-state index in [1.165, 1.54) is 4.90 Å². The van der Waals surface area contributed by atoms with Gasteiger partial charge >= 0.3 is 51.4 Å². The average Bonchev–Trinajstić information content (AvgIpc) is 3.84. The molecule has 10 rings (SSSR count). The van der Waals surface area contributed by atoms with Crippen LogP contribution in [0.25, 0.3) is 22.5 Å². The van der Waals surface area contributed by atoms with Crippen LogP contribution in [0.3, 0.4) is 0 Å². The Morgan fingerprint density at radius 2 is 1.07 bits per heavy atom. The van der Waals surface area contributed by atoms with Gasteiger partial charge in [0.05, 0.1) is 63.4 Å². The Balaban J connectivity index is 0.000000226. The summed E-state index contributed by atoms with van der Waals surface area (Å²) in [6.45, 7) is 0.125. The first-order chi connectivity index (χ1) is 34.6. The molecule has 8 aromatic rings. The van der Waals surface area contributed by atoms with E-state index in [4.69, 9.17) is 30.5 Å². The van der Waals surface area contributed by atoms with Crippen LogP contribution >= 0.6 is 11.6 Å². The normalized spacial score (nSPS) is 11.8. The van der Waals surface area contributed by atoms with Crippen molar-refractivity contribution in [2.45, 2.75) is 18.8 Å². The Morgan fingerprint density at radius 1 is 0.562 bits per heavy atom. The number of para-hydroxylation sites is 2. The molecule has 0 aliphatic carbocycles. The van der Waals surface area contributed by atoms with Crippen molar-refractivity contribution in [3.05, 3.63) is 203 Å². The van der Waals surface area contributed by atoms with Gasteiger partial charge in [0.1, 0.15) is 41.3 Å². The molecule has 0 bridgehead atoms. The van der Waals surface area contributed by atoms with E-state index in [-0.39, 0.29) is 83.6 Å². The first kappa shape index (κ1) is 55.5. The number of aliphatic imine (C=N–C) groups is 1. The summed E-state index contributed by atoms with van der Waals surface area (Å²) >= 11 is 5.99. The van der Waals surface area contributed by atoms with Crippen molar-refractivity contribution < 1.29 is 109 Å². The van der Waals surface area contributed by atoms with Crippen molar-refractivity contribution >= 4 is 46.7 Å². The Bertz CT molecular complexity index is 3280. The minimum Gasteiger partial charge on any atom is -1.00 e. The number of hydrogen-bond acceptors (Lipinski definition) is 12. The van der Waals surface area contributed by atoms with Gasteiger partial charge in [0.15, 0.2) is 0 Å². The number of benzene rings is 6. The van der Waals surface area contributed by atoms with E-state index >= 15 is 0 Å². The van der Waals surface area contributed by atoms with Gasteiger partial charge in [0.2, 0.25) is 5.82 Å². The first-order valence-electron chi connectivity index (χ1n) is 22.1. The maximum absolute atomic E-state index is 12.8. The van der Waals surface area contributed by atoms with Crippen molar-refractivity contribution in [3.8, 4) is 45.5 Å². The van der Waals surface area contributed by atoms with Gasteiger partial charge in [0.25, 0.3) is 17.7 Å². The molecule has 6 aromatic carbocycles. The summed E-state index contributed by atoms with van der Waals surface area (Å²) in [6.07, 6.45) is 3.64. The zero-order chi connectivity index (χ0) is 49.9. The van der Waals surface area contributed by atoms with Crippen molar-refractivity contribution in [3.63, 3.8) is 0 Å². The van der Waals surface area contributed by atoms with Gasteiger partial charge in [-0.05, 0) is 83.8 Å². The van der Waals surface area contributed by atoms with Crippen LogP contribution in [-0.2, 0) is 18.8 Å². The maximum atomic E-state index is 12.8. The summed E-state index contributed by atoms with van der Waals surface area (Å²) in [5, 5.41) is 12.9. The number of nitrogens with zero attached hydrogens (tertiary/aromatic N) is 6. The van der Waals surface area contributed by atoms with Crippen LogP contribution in [0.1, 0.15) is 60.4 Å². The Morgan fingerprint density at radius 3 is 1.64 bits per heavy atom. The molecule has 0 fully saturated rings. The molecule has 0 saturated heterocycles. The summed E-state index contributed by atoms with van der Waals surface area (Å²) in [6, 6.07) is 44.5. The predicted molar refractivity (Wildman–Crippen MR) is 268 cm³/mol. The number of aromatic nitrogens is 4. The molecule has 0 atom stereocenters. The third kappa shape index (κ3) is 13.0. The zero-order valence-electron chi connectivity index (χ0n) is 40.4. The van der Waals surface area contributed by atoms with E-state index < -0.39 is 11.8 Å². The summed E-state index contributed by atoms with van der Waals surface area (Å²) in [7, 11) is 6.50. The number of hydrogen-bond donors (Lipinski definition) is 1. The van der Waals surface area contributed by atoms with Crippen molar-refractivity contribution in [1.82, 2.24) is 24.8 Å². The molecule has 2 aliphatic heterocycles. The second-order valence-corrected chi connectivity index (χ2v) is 16.1. The minimum atomic E-state index is -0.425. The molecule has 15 nitrogen and oxygen atoms in total. The molecule has 73 heavy (non-hydrogen) atoms. The number of quaternary nitrogens is 1. The topological polar surface area (TPSA) is 195 Å². The monoisotopic (exact) mass is 1040 g/mol. The number of nitrogens with two attached hydrogens (primary N) is 1. The van der Waals surface area contributed by atoms with Crippen molar-refractivity contribution in [1.29, 1.82) is 0 Å². The summed E-state index contributed by atoms with van der Waals surface area (Å²) in [5.74, 6) is 2.67. The molecule has 18 heteroatoms. The second-order valence-electron chi connectivity index (χ2n) is 15.8.